The number of amides is 2. The average molecular weight is 380 g/mol. The van der Waals surface area contributed by atoms with Gasteiger partial charge in [-0.3, -0.25) is 9.59 Å². The van der Waals surface area contributed by atoms with E-state index in [1.165, 1.54) is 12.5 Å². The monoisotopic (exact) mass is 380 g/mol. The van der Waals surface area contributed by atoms with Gasteiger partial charge in [0.2, 0.25) is 5.91 Å². The molecule has 0 saturated heterocycles. The Morgan fingerprint density at radius 2 is 1.79 bits per heavy atom. The van der Waals surface area contributed by atoms with Crippen molar-refractivity contribution in [2.45, 2.75) is 34.1 Å². The van der Waals surface area contributed by atoms with Crippen LogP contribution in [0.2, 0.25) is 0 Å². The Balaban J connectivity index is 1.87. The van der Waals surface area contributed by atoms with Gasteiger partial charge in [-0.25, -0.2) is 0 Å². The molecule has 0 radical (unpaired) electrons. The van der Waals surface area contributed by atoms with E-state index in [9.17, 15) is 9.59 Å². The van der Waals surface area contributed by atoms with Crippen LogP contribution in [0.4, 0.5) is 0 Å². The Labute approximate surface area is 166 Å². The first-order valence-electron chi connectivity index (χ1n) is 9.40. The summed E-state index contributed by atoms with van der Waals surface area (Å²) in [7, 11) is 0. The SMILES string of the molecule is CC(=O)N/C(=C\c1ccccc1)C(=O)NCCCOc1cc(C)cc(C)c1C. The minimum Gasteiger partial charge on any atom is -0.493 e. The predicted molar refractivity (Wildman–Crippen MR) is 112 cm³/mol. The molecule has 2 rings (SSSR count). The van der Waals surface area contributed by atoms with E-state index in [1.807, 2.05) is 50.2 Å². The summed E-state index contributed by atoms with van der Waals surface area (Å²) in [5.74, 6) is 0.277. The largest absolute Gasteiger partial charge is 0.493 e. The van der Waals surface area contributed by atoms with Gasteiger partial charge < -0.3 is 15.4 Å². The first kappa shape index (κ1) is 21.2. The summed E-state index contributed by atoms with van der Waals surface area (Å²) in [6.45, 7) is 8.49. The minimum absolute atomic E-state index is 0.227. The van der Waals surface area contributed by atoms with Crippen molar-refractivity contribution in [3.63, 3.8) is 0 Å². The molecule has 5 nitrogen and oxygen atoms in total. The van der Waals surface area contributed by atoms with E-state index in [1.54, 1.807) is 6.08 Å². The molecule has 2 aromatic carbocycles. The van der Waals surface area contributed by atoms with E-state index in [0.29, 0.717) is 19.6 Å². The molecule has 5 heteroatoms. The molecule has 0 aliphatic heterocycles. The van der Waals surface area contributed by atoms with Crippen molar-refractivity contribution < 1.29 is 14.3 Å². The Kier molecular flexibility index (Phi) is 7.81. The van der Waals surface area contributed by atoms with Crippen molar-refractivity contribution in [3.05, 3.63) is 70.4 Å². The number of carbonyl (C=O) groups excluding carboxylic acids is 2. The molecular formula is C23H28N2O3. The molecule has 0 spiro atoms. The Morgan fingerprint density at radius 1 is 1.07 bits per heavy atom. The first-order valence-corrected chi connectivity index (χ1v) is 9.40. The third kappa shape index (κ3) is 6.58. The zero-order chi connectivity index (χ0) is 20.5. The third-order valence-corrected chi connectivity index (χ3v) is 4.29. The second kappa shape index (κ2) is 10.3. The number of nitrogens with one attached hydrogen (secondary N) is 2. The van der Waals surface area contributed by atoms with Gasteiger partial charge in [0, 0.05) is 13.5 Å². The maximum absolute atomic E-state index is 12.4. The zero-order valence-electron chi connectivity index (χ0n) is 17.0. The first-order chi connectivity index (χ1) is 13.4. The number of hydrogen-bond donors (Lipinski definition) is 2. The summed E-state index contributed by atoms with van der Waals surface area (Å²) in [5, 5.41) is 5.42. The lowest BCUT2D eigenvalue weighted by atomic mass is 10.1. The van der Waals surface area contributed by atoms with Crippen LogP contribution in [0, 0.1) is 20.8 Å². The third-order valence-electron chi connectivity index (χ3n) is 4.29. The van der Waals surface area contributed by atoms with Crippen LogP contribution in [-0.4, -0.2) is 25.0 Å². The van der Waals surface area contributed by atoms with Gasteiger partial charge in [-0.05, 0) is 61.6 Å². The van der Waals surface area contributed by atoms with Crippen molar-refractivity contribution in [1.82, 2.24) is 10.6 Å². The lowest BCUT2D eigenvalue weighted by Gasteiger charge is -2.13. The van der Waals surface area contributed by atoms with Crippen LogP contribution in [0.3, 0.4) is 0 Å². The van der Waals surface area contributed by atoms with Crippen molar-refractivity contribution in [1.29, 1.82) is 0 Å². The van der Waals surface area contributed by atoms with Gasteiger partial charge in [0.1, 0.15) is 11.4 Å². The van der Waals surface area contributed by atoms with Crippen molar-refractivity contribution in [2.24, 2.45) is 0 Å². The van der Waals surface area contributed by atoms with Crippen LogP contribution < -0.4 is 15.4 Å². The van der Waals surface area contributed by atoms with Gasteiger partial charge in [-0.15, -0.1) is 0 Å². The molecule has 2 N–H and O–H groups in total. The molecule has 0 heterocycles. The highest BCUT2D eigenvalue weighted by Gasteiger charge is 2.11. The molecule has 0 unspecified atom stereocenters. The summed E-state index contributed by atoms with van der Waals surface area (Å²) < 4.78 is 5.87. The smallest absolute Gasteiger partial charge is 0.267 e. The van der Waals surface area contributed by atoms with Crippen LogP contribution >= 0.6 is 0 Å². The molecular weight excluding hydrogens is 352 g/mol. The molecule has 0 fully saturated rings. The fourth-order valence-corrected chi connectivity index (χ4v) is 2.77. The fourth-order valence-electron chi connectivity index (χ4n) is 2.77. The molecule has 2 amide bonds. The second-order valence-corrected chi connectivity index (χ2v) is 6.81. The minimum atomic E-state index is -0.318. The zero-order valence-corrected chi connectivity index (χ0v) is 17.0. The Morgan fingerprint density at radius 3 is 2.46 bits per heavy atom. The molecule has 0 aromatic heterocycles. The van der Waals surface area contributed by atoms with Gasteiger partial charge in [0.15, 0.2) is 0 Å². The molecule has 0 saturated carbocycles. The summed E-state index contributed by atoms with van der Waals surface area (Å²) in [4.78, 5) is 23.8. The number of benzene rings is 2. The maximum atomic E-state index is 12.4. The lowest BCUT2D eigenvalue weighted by Crippen LogP contribution is -2.34. The van der Waals surface area contributed by atoms with E-state index in [0.717, 1.165) is 22.4 Å². The maximum Gasteiger partial charge on any atom is 0.267 e. The van der Waals surface area contributed by atoms with Crippen LogP contribution in [0.1, 0.15) is 35.6 Å². The number of hydrogen-bond acceptors (Lipinski definition) is 3. The van der Waals surface area contributed by atoms with E-state index in [4.69, 9.17) is 4.74 Å². The fraction of sp³-hybridized carbons (Fsp3) is 0.304. The average Bonchev–Trinajstić information content (AvgIpc) is 2.65. The molecule has 0 aliphatic rings. The summed E-state index contributed by atoms with van der Waals surface area (Å²) >= 11 is 0. The molecule has 0 atom stereocenters. The van der Waals surface area contributed by atoms with E-state index >= 15 is 0 Å². The summed E-state index contributed by atoms with van der Waals surface area (Å²) in [6, 6.07) is 13.5. The number of rotatable bonds is 8. The van der Waals surface area contributed by atoms with Crippen LogP contribution in [0.25, 0.3) is 6.08 Å². The van der Waals surface area contributed by atoms with Crippen LogP contribution in [-0.2, 0) is 9.59 Å². The van der Waals surface area contributed by atoms with Gasteiger partial charge >= 0.3 is 0 Å². The van der Waals surface area contributed by atoms with E-state index < -0.39 is 0 Å². The molecule has 148 valence electrons. The second-order valence-electron chi connectivity index (χ2n) is 6.81. The summed E-state index contributed by atoms with van der Waals surface area (Å²) in [5.41, 5.74) is 4.57. The normalized spacial score (nSPS) is 11.1. The molecule has 28 heavy (non-hydrogen) atoms. The van der Waals surface area contributed by atoms with Crippen LogP contribution in [0.15, 0.2) is 48.2 Å². The van der Waals surface area contributed by atoms with Gasteiger partial charge in [0.25, 0.3) is 5.91 Å². The van der Waals surface area contributed by atoms with E-state index in [2.05, 4.69) is 23.6 Å². The van der Waals surface area contributed by atoms with Crippen molar-refractivity contribution in [2.75, 3.05) is 13.2 Å². The van der Waals surface area contributed by atoms with E-state index in [-0.39, 0.29) is 17.5 Å². The topological polar surface area (TPSA) is 67.4 Å². The molecule has 2 aromatic rings. The lowest BCUT2D eigenvalue weighted by molar-refractivity contribution is -0.122. The Bertz CT molecular complexity index is 858. The highest BCUT2D eigenvalue weighted by Crippen LogP contribution is 2.23. The van der Waals surface area contributed by atoms with Crippen molar-refractivity contribution >= 4 is 17.9 Å². The van der Waals surface area contributed by atoms with Gasteiger partial charge in [-0.2, -0.15) is 0 Å². The van der Waals surface area contributed by atoms with Gasteiger partial charge in [0.05, 0.1) is 6.61 Å². The standard InChI is InChI=1S/C23H28N2O3/c1-16-13-17(2)18(3)22(14-16)28-12-8-11-24-23(27)21(25-19(4)26)15-20-9-6-5-7-10-20/h5-7,9-10,13-15H,8,11-12H2,1-4H3,(H,24,27)(H,25,26)/b21-15-. The van der Waals surface area contributed by atoms with Crippen LogP contribution in [0.5, 0.6) is 5.75 Å². The van der Waals surface area contributed by atoms with Crippen molar-refractivity contribution in [3.8, 4) is 5.75 Å². The number of aryl methyl sites for hydroxylation is 2. The molecule has 0 bridgehead atoms. The summed E-state index contributed by atoms with van der Waals surface area (Å²) in [6.07, 6.45) is 2.32. The van der Waals surface area contributed by atoms with Gasteiger partial charge in [-0.1, -0.05) is 36.4 Å². The Hall–Kier alpha value is -3.08. The number of ether oxygens (including phenoxy) is 1. The highest BCUT2D eigenvalue weighted by molar-refractivity contribution is 6.00. The number of carbonyl (C=O) groups is 2. The highest BCUT2D eigenvalue weighted by atomic mass is 16.5. The predicted octanol–water partition coefficient (Wildman–Crippen LogP) is 3.67. The molecule has 0 aliphatic carbocycles. The quantitative estimate of drug-likeness (QED) is 0.542.